The zero-order chi connectivity index (χ0) is 21.1. The number of pyridine rings is 1. The van der Waals surface area contributed by atoms with Crippen molar-refractivity contribution in [2.75, 3.05) is 12.4 Å². The highest BCUT2D eigenvalue weighted by Gasteiger charge is 2.35. The Morgan fingerprint density at radius 3 is 2.67 bits per heavy atom. The molecule has 2 bridgehead atoms. The molecule has 3 aliphatic carbocycles. The third-order valence-electron chi connectivity index (χ3n) is 6.04. The molecule has 3 aromatic heterocycles. The highest BCUT2D eigenvalue weighted by molar-refractivity contribution is 5.88. The molecule has 0 saturated heterocycles. The number of H-pyrrole nitrogens is 1. The highest BCUT2D eigenvalue weighted by atomic mass is 19.1. The molecule has 2 N–H and O–H groups in total. The van der Waals surface area contributed by atoms with E-state index in [1.54, 1.807) is 0 Å². The lowest BCUT2D eigenvalue weighted by atomic mass is 9.68. The molecule has 0 spiro atoms. The molecular formula is C21H25FN6O2. The van der Waals surface area contributed by atoms with Gasteiger partial charge in [-0.05, 0) is 44.1 Å². The van der Waals surface area contributed by atoms with E-state index in [1.807, 2.05) is 13.1 Å². The fourth-order valence-corrected chi connectivity index (χ4v) is 4.48. The van der Waals surface area contributed by atoms with E-state index in [4.69, 9.17) is 9.78 Å². The first kappa shape index (κ1) is 20.2. The normalized spacial score (nSPS) is 22.3. The van der Waals surface area contributed by atoms with Crippen molar-refractivity contribution < 1.29 is 13.9 Å². The summed E-state index contributed by atoms with van der Waals surface area (Å²) in [4.78, 5) is 22.1. The molecule has 0 aliphatic heterocycles. The van der Waals surface area contributed by atoms with Crippen molar-refractivity contribution in [3.8, 4) is 11.5 Å². The molecule has 3 aliphatic rings. The summed E-state index contributed by atoms with van der Waals surface area (Å²) in [5, 5.41) is 11.3. The molecule has 9 heteroatoms. The lowest BCUT2D eigenvalue weighted by molar-refractivity contribution is -0.126. The van der Waals surface area contributed by atoms with E-state index in [-0.39, 0.29) is 0 Å². The minimum absolute atomic E-state index is 0.375. The van der Waals surface area contributed by atoms with Crippen molar-refractivity contribution in [2.45, 2.75) is 45.1 Å². The number of nitrogens with one attached hydrogen (secondary N) is 2. The predicted molar refractivity (Wildman–Crippen MR) is 110 cm³/mol. The maximum Gasteiger partial charge on any atom is 0.292 e. The molecule has 3 heterocycles. The predicted octanol–water partition coefficient (Wildman–Crippen LogP) is 3.64. The Hall–Kier alpha value is -3.10. The topological polar surface area (TPSA) is 106 Å². The standard InChI is InChI=1S/C19H21FN6.C2H4O2/c1-10-8-21-19(16-14-7-13(20)9-22-18(14)26-25-16)24-17(10)23-15-6-11-2-4-12(15)5-3-11;1-4-2-3/h7-9,11-12,15H,2-6H2,1H3,(H,21,23,24)(H,22,25,26);2H,1H3. The number of nitrogens with zero attached hydrogens (tertiary/aromatic N) is 4. The van der Waals surface area contributed by atoms with Crippen LogP contribution in [-0.4, -0.2) is 44.8 Å². The average molecular weight is 412 g/mol. The Labute approximate surface area is 173 Å². The van der Waals surface area contributed by atoms with Crippen LogP contribution in [0.3, 0.4) is 0 Å². The summed E-state index contributed by atoms with van der Waals surface area (Å²) in [7, 11) is 1.31. The van der Waals surface area contributed by atoms with Gasteiger partial charge in [0.1, 0.15) is 17.3 Å². The van der Waals surface area contributed by atoms with Crippen molar-refractivity contribution in [2.24, 2.45) is 11.8 Å². The molecule has 3 fully saturated rings. The first-order valence-corrected chi connectivity index (χ1v) is 10.2. The Kier molecular flexibility index (Phi) is 5.87. The van der Waals surface area contributed by atoms with Crippen LogP contribution in [0, 0.1) is 24.6 Å². The van der Waals surface area contributed by atoms with Gasteiger partial charge in [0.15, 0.2) is 11.5 Å². The van der Waals surface area contributed by atoms with E-state index >= 15 is 0 Å². The zero-order valence-corrected chi connectivity index (χ0v) is 17.1. The fraction of sp³-hybridized carbons (Fsp3) is 0.476. The molecule has 3 aromatic rings. The van der Waals surface area contributed by atoms with Crippen molar-refractivity contribution in [1.29, 1.82) is 0 Å². The monoisotopic (exact) mass is 412 g/mol. The van der Waals surface area contributed by atoms with E-state index in [9.17, 15) is 4.39 Å². The van der Waals surface area contributed by atoms with Crippen LogP contribution in [0.2, 0.25) is 0 Å². The van der Waals surface area contributed by atoms with Crippen LogP contribution in [0.5, 0.6) is 0 Å². The number of aryl methyl sites for hydroxylation is 1. The van der Waals surface area contributed by atoms with Gasteiger partial charge in [-0.15, -0.1) is 0 Å². The van der Waals surface area contributed by atoms with Crippen LogP contribution in [-0.2, 0) is 9.53 Å². The van der Waals surface area contributed by atoms with Crippen molar-refractivity contribution >= 4 is 23.3 Å². The van der Waals surface area contributed by atoms with Crippen LogP contribution in [0.4, 0.5) is 10.2 Å². The summed E-state index contributed by atoms with van der Waals surface area (Å²) in [6.45, 7) is 2.39. The minimum Gasteiger partial charge on any atom is -0.471 e. The minimum atomic E-state index is -0.399. The number of aromatic amines is 1. The highest BCUT2D eigenvalue weighted by Crippen LogP contribution is 2.42. The van der Waals surface area contributed by atoms with Gasteiger partial charge >= 0.3 is 0 Å². The van der Waals surface area contributed by atoms with Gasteiger partial charge in [-0.3, -0.25) is 9.89 Å². The van der Waals surface area contributed by atoms with E-state index in [0.29, 0.717) is 35.1 Å². The van der Waals surface area contributed by atoms with Gasteiger partial charge in [0.2, 0.25) is 0 Å². The summed E-state index contributed by atoms with van der Waals surface area (Å²) in [6.07, 6.45) is 9.57. The molecule has 1 unspecified atom stereocenters. The Morgan fingerprint density at radius 1 is 1.23 bits per heavy atom. The molecule has 30 heavy (non-hydrogen) atoms. The second-order valence-electron chi connectivity index (χ2n) is 7.95. The number of anilines is 1. The maximum absolute atomic E-state index is 13.6. The van der Waals surface area contributed by atoms with E-state index in [0.717, 1.165) is 29.4 Å². The van der Waals surface area contributed by atoms with Crippen LogP contribution in [0.1, 0.15) is 37.7 Å². The lowest BCUT2D eigenvalue weighted by Gasteiger charge is -2.43. The third-order valence-corrected chi connectivity index (χ3v) is 6.04. The molecule has 0 radical (unpaired) electrons. The summed E-state index contributed by atoms with van der Waals surface area (Å²) in [5.41, 5.74) is 2.08. The number of halogens is 1. The number of hydrogen-bond donors (Lipinski definition) is 2. The van der Waals surface area contributed by atoms with Crippen molar-refractivity contribution in [1.82, 2.24) is 25.1 Å². The van der Waals surface area contributed by atoms with Gasteiger partial charge in [0, 0.05) is 17.8 Å². The number of carbonyl (C=O) groups excluding carboxylic acids is 1. The number of rotatable bonds is 4. The van der Waals surface area contributed by atoms with Crippen LogP contribution in [0.25, 0.3) is 22.6 Å². The maximum atomic E-state index is 13.6. The van der Waals surface area contributed by atoms with Gasteiger partial charge < -0.3 is 10.1 Å². The van der Waals surface area contributed by atoms with Gasteiger partial charge in [-0.2, -0.15) is 5.10 Å². The number of ether oxygens (including phenoxy) is 1. The molecule has 1 atom stereocenters. The first-order chi connectivity index (χ1) is 14.6. The number of carbonyl (C=O) groups is 1. The summed E-state index contributed by atoms with van der Waals surface area (Å²) in [5.74, 6) is 2.56. The molecule has 158 valence electrons. The molecule has 0 aromatic carbocycles. The molecule has 8 nitrogen and oxygen atoms in total. The average Bonchev–Trinajstić information content (AvgIpc) is 3.19. The van der Waals surface area contributed by atoms with Crippen LogP contribution in [0.15, 0.2) is 18.5 Å². The van der Waals surface area contributed by atoms with E-state index in [1.165, 1.54) is 45.3 Å². The van der Waals surface area contributed by atoms with Gasteiger partial charge in [0.25, 0.3) is 6.47 Å². The quantitative estimate of drug-likeness (QED) is 0.630. The molecule has 0 amide bonds. The molecular weight excluding hydrogens is 387 g/mol. The summed E-state index contributed by atoms with van der Waals surface area (Å²) in [6, 6.07) is 1.90. The van der Waals surface area contributed by atoms with Gasteiger partial charge in [-0.25, -0.2) is 19.3 Å². The van der Waals surface area contributed by atoms with Crippen molar-refractivity contribution in [3.63, 3.8) is 0 Å². The second-order valence-corrected chi connectivity index (χ2v) is 7.95. The number of aromatic nitrogens is 5. The third kappa shape index (κ3) is 4.10. The Balaban J connectivity index is 0.000000503. The van der Waals surface area contributed by atoms with Crippen molar-refractivity contribution in [3.05, 3.63) is 29.8 Å². The van der Waals surface area contributed by atoms with E-state index < -0.39 is 5.82 Å². The number of methoxy groups -OCH3 is 1. The Morgan fingerprint density at radius 2 is 2.00 bits per heavy atom. The smallest absolute Gasteiger partial charge is 0.292 e. The van der Waals surface area contributed by atoms with Gasteiger partial charge in [0.05, 0.1) is 18.7 Å². The van der Waals surface area contributed by atoms with E-state index in [2.05, 4.69) is 30.2 Å². The second kappa shape index (κ2) is 8.73. The van der Waals surface area contributed by atoms with Gasteiger partial charge in [-0.1, -0.05) is 12.8 Å². The molecule has 6 rings (SSSR count). The lowest BCUT2D eigenvalue weighted by Crippen LogP contribution is -2.40. The zero-order valence-electron chi connectivity index (χ0n) is 17.1. The number of fused-ring (bicyclic) bond motifs is 4. The van der Waals surface area contributed by atoms with Crippen LogP contribution >= 0.6 is 0 Å². The fourth-order valence-electron chi connectivity index (χ4n) is 4.48. The summed E-state index contributed by atoms with van der Waals surface area (Å²) < 4.78 is 17.5. The first-order valence-electron chi connectivity index (χ1n) is 10.2. The number of hydrogen-bond acceptors (Lipinski definition) is 7. The SMILES string of the molecule is COC=O.Cc1cnc(-c2[nH]nc3ncc(F)cc23)nc1NC1CC2CCC1CC2. The molecule has 3 saturated carbocycles. The van der Waals surface area contributed by atoms with Crippen LogP contribution < -0.4 is 5.32 Å². The Bertz CT molecular complexity index is 1030. The summed E-state index contributed by atoms with van der Waals surface area (Å²) >= 11 is 0. The largest absolute Gasteiger partial charge is 0.471 e.